The maximum atomic E-state index is 9.32. The fourth-order valence-corrected chi connectivity index (χ4v) is 1.68. The first-order valence-corrected chi connectivity index (χ1v) is 5.88. The summed E-state index contributed by atoms with van der Waals surface area (Å²) >= 11 is 0. The second-order valence-corrected chi connectivity index (χ2v) is 4.14. The van der Waals surface area contributed by atoms with Gasteiger partial charge in [0.1, 0.15) is 0 Å². The van der Waals surface area contributed by atoms with Gasteiger partial charge in [0.15, 0.2) is 11.5 Å². The number of rotatable bonds is 6. The summed E-state index contributed by atoms with van der Waals surface area (Å²) in [7, 11) is 0. The number of hydrogen-bond acceptors (Lipinski definition) is 3. The average molecular weight is 223 g/mol. The number of benzene rings is 1. The number of phenols is 2. The third kappa shape index (κ3) is 3.74. The minimum absolute atomic E-state index is 0.0539. The van der Waals surface area contributed by atoms with Gasteiger partial charge in [-0.05, 0) is 30.2 Å². The number of phenolic OH excluding ortho intramolecular Hbond substituents is 2. The normalized spacial score (nSPS) is 10.9. The smallest absolute Gasteiger partial charge is 0.157 e. The fourth-order valence-electron chi connectivity index (χ4n) is 1.68. The van der Waals surface area contributed by atoms with Crippen LogP contribution in [0.2, 0.25) is 0 Å². The lowest BCUT2D eigenvalue weighted by Gasteiger charge is -2.13. The summed E-state index contributed by atoms with van der Waals surface area (Å²) in [6.45, 7) is 6.11. The predicted octanol–water partition coefficient (Wildman–Crippen LogP) is 2.62. The van der Waals surface area contributed by atoms with Crippen LogP contribution in [-0.4, -0.2) is 16.8 Å². The zero-order valence-corrected chi connectivity index (χ0v) is 10.0. The van der Waals surface area contributed by atoms with Crippen LogP contribution in [0.15, 0.2) is 18.2 Å². The third-order valence-corrected chi connectivity index (χ3v) is 2.96. The maximum absolute atomic E-state index is 9.32. The summed E-state index contributed by atoms with van der Waals surface area (Å²) < 4.78 is 0. The van der Waals surface area contributed by atoms with Gasteiger partial charge in [0.2, 0.25) is 0 Å². The van der Waals surface area contributed by atoms with Crippen molar-refractivity contribution in [2.24, 2.45) is 5.92 Å². The van der Waals surface area contributed by atoms with Crippen molar-refractivity contribution in [1.29, 1.82) is 0 Å². The predicted molar refractivity (Wildman–Crippen MR) is 65.6 cm³/mol. The van der Waals surface area contributed by atoms with Crippen LogP contribution in [0.4, 0.5) is 0 Å². The van der Waals surface area contributed by atoms with E-state index in [0.717, 1.165) is 18.7 Å². The lowest BCUT2D eigenvalue weighted by molar-refractivity contribution is 0.402. The monoisotopic (exact) mass is 223 g/mol. The van der Waals surface area contributed by atoms with E-state index in [1.165, 1.54) is 18.9 Å². The lowest BCUT2D eigenvalue weighted by atomic mass is 10.0. The Morgan fingerprint density at radius 1 is 1.12 bits per heavy atom. The molecule has 0 aliphatic carbocycles. The van der Waals surface area contributed by atoms with E-state index >= 15 is 0 Å². The highest BCUT2D eigenvalue weighted by atomic mass is 16.3. The summed E-state index contributed by atoms with van der Waals surface area (Å²) in [5, 5.41) is 21.8. The molecule has 0 aromatic heterocycles. The molecule has 16 heavy (non-hydrogen) atoms. The van der Waals surface area contributed by atoms with Crippen LogP contribution in [-0.2, 0) is 6.54 Å². The minimum Gasteiger partial charge on any atom is -0.504 e. The molecule has 0 fully saturated rings. The first-order chi connectivity index (χ1) is 7.67. The highest BCUT2D eigenvalue weighted by molar-refractivity contribution is 5.40. The standard InChI is InChI=1S/C13H21NO2/c1-3-10(4-2)8-14-9-11-5-6-12(15)13(16)7-11/h5-7,10,14-16H,3-4,8-9H2,1-2H3. The summed E-state index contributed by atoms with van der Waals surface area (Å²) in [4.78, 5) is 0. The van der Waals surface area contributed by atoms with Crippen molar-refractivity contribution in [2.45, 2.75) is 33.2 Å². The number of hydrogen-bond donors (Lipinski definition) is 3. The van der Waals surface area contributed by atoms with Gasteiger partial charge in [-0.2, -0.15) is 0 Å². The van der Waals surface area contributed by atoms with Crippen LogP contribution < -0.4 is 5.32 Å². The molecule has 0 aliphatic heterocycles. The fraction of sp³-hybridized carbons (Fsp3) is 0.538. The Kier molecular flexibility index (Phi) is 5.12. The van der Waals surface area contributed by atoms with Crippen LogP contribution >= 0.6 is 0 Å². The molecule has 0 bridgehead atoms. The molecular weight excluding hydrogens is 202 g/mol. The highest BCUT2D eigenvalue weighted by Gasteiger charge is 2.03. The molecule has 0 aliphatic rings. The Balaban J connectivity index is 2.40. The van der Waals surface area contributed by atoms with Crippen molar-refractivity contribution in [3.05, 3.63) is 23.8 Å². The molecule has 0 radical (unpaired) electrons. The quantitative estimate of drug-likeness (QED) is 0.650. The van der Waals surface area contributed by atoms with Crippen molar-refractivity contribution >= 4 is 0 Å². The van der Waals surface area contributed by atoms with E-state index in [1.807, 2.05) is 6.07 Å². The zero-order valence-electron chi connectivity index (χ0n) is 10.0. The Labute approximate surface area is 97.1 Å². The van der Waals surface area contributed by atoms with Gasteiger partial charge in [0.05, 0.1) is 0 Å². The van der Waals surface area contributed by atoms with Crippen molar-refractivity contribution in [1.82, 2.24) is 5.32 Å². The number of aromatic hydroxyl groups is 2. The van der Waals surface area contributed by atoms with Crippen LogP contribution in [0.3, 0.4) is 0 Å². The molecule has 3 heteroatoms. The molecule has 0 spiro atoms. The first-order valence-electron chi connectivity index (χ1n) is 5.88. The van der Waals surface area contributed by atoms with Gasteiger partial charge in [-0.15, -0.1) is 0 Å². The van der Waals surface area contributed by atoms with E-state index < -0.39 is 0 Å². The molecule has 1 aromatic rings. The van der Waals surface area contributed by atoms with Gasteiger partial charge in [0, 0.05) is 6.54 Å². The molecule has 90 valence electrons. The van der Waals surface area contributed by atoms with Crippen LogP contribution in [0.1, 0.15) is 32.3 Å². The molecule has 3 nitrogen and oxygen atoms in total. The van der Waals surface area contributed by atoms with Crippen LogP contribution in [0, 0.1) is 5.92 Å². The molecule has 0 saturated carbocycles. The molecule has 0 atom stereocenters. The summed E-state index contributed by atoms with van der Waals surface area (Å²) in [6, 6.07) is 4.92. The van der Waals surface area contributed by atoms with Crippen LogP contribution in [0.5, 0.6) is 11.5 Å². The lowest BCUT2D eigenvalue weighted by Crippen LogP contribution is -2.21. The molecule has 1 aromatic carbocycles. The molecule has 0 unspecified atom stereocenters. The SMILES string of the molecule is CCC(CC)CNCc1ccc(O)c(O)c1. The van der Waals surface area contributed by atoms with Gasteiger partial charge >= 0.3 is 0 Å². The van der Waals surface area contributed by atoms with E-state index in [1.54, 1.807) is 6.07 Å². The Hall–Kier alpha value is -1.22. The molecule has 0 amide bonds. The average Bonchev–Trinajstić information content (AvgIpc) is 2.29. The molecule has 3 N–H and O–H groups in total. The summed E-state index contributed by atoms with van der Waals surface area (Å²) in [6.07, 6.45) is 2.37. The van der Waals surface area contributed by atoms with Gasteiger partial charge in [-0.1, -0.05) is 32.8 Å². The van der Waals surface area contributed by atoms with Crippen molar-refractivity contribution < 1.29 is 10.2 Å². The largest absolute Gasteiger partial charge is 0.504 e. The Morgan fingerprint density at radius 3 is 2.38 bits per heavy atom. The topological polar surface area (TPSA) is 52.5 Å². The molecule has 0 saturated heterocycles. The highest BCUT2D eigenvalue weighted by Crippen LogP contribution is 2.24. The van der Waals surface area contributed by atoms with Crippen LogP contribution in [0.25, 0.3) is 0 Å². The minimum atomic E-state index is -0.0660. The summed E-state index contributed by atoms with van der Waals surface area (Å²) in [5.41, 5.74) is 0.987. The van der Waals surface area contributed by atoms with E-state index in [0.29, 0.717) is 5.92 Å². The summed E-state index contributed by atoms with van der Waals surface area (Å²) in [5.74, 6) is 0.594. The second kappa shape index (κ2) is 6.38. The van der Waals surface area contributed by atoms with E-state index in [-0.39, 0.29) is 11.5 Å². The first kappa shape index (κ1) is 12.8. The zero-order chi connectivity index (χ0) is 12.0. The van der Waals surface area contributed by atoms with Gasteiger partial charge in [-0.3, -0.25) is 0 Å². The van der Waals surface area contributed by atoms with E-state index in [9.17, 15) is 5.11 Å². The van der Waals surface area contributed by atoms with Crippen molar-refractivity contribution in [2.75, 3.05) is 6.54 Å². The van der Waals surface area contributed by atoms with Gasteiger partial charge in [0.25, 0.3) is 0 Å². The maximum Gasteiger partial charge on any atom is 0.157 e. The van der Waals surface area contributed by atoms with Crippen molar-refractivity contribution in [3.63, 3.8) is 0 Å². The molecule has 0 heterocycles. The molecule has 1 rings (SSSR count). The van der Waals surface area contributed by atoms with Gasteiger partial charge in [-0.25, -0.2) is 0 Å². The number of nitrogens with one attached hydrogen (secondary N) is 1. The van der Waals surface area contributed by atoms with Crippen molar-refractivity contribution in [3.8, 4) is 11.5 Å². The molecular formula is C13H21NO2. The van der Waals surface area contributed by atoms with E-state index in [2.05, 4.69) is 19.2 Å². The Bertz CT molecular complexity index is 322. The second-order valence-electron chi connectivity index (χ2n) is 4.14. The third-order valence-electron chi connectivity index (χ3n) is 2.96. The van der Waals surface area contributed by atoms with Gasteiger partial charge < -0.3 is 15.5 Å². The Morgan fingerprint density at radius 2 is 1.81 bits per heavy atom. The van der Waals surface area contributed by atoms with E-state index in [4.69, 9.17) is 5.11 Å².